The van der Waals surface area contributed by atoms with Gasteiger partial charge in [-0.05, 0) is 36.8 Å². The highest BCUT2D eigenvalue weighted by molar-refractivity contribution is 7.99. The van der Waals surface area contributed by atoms with E-state index >= 15 is 0 Å². The summed E-state index contributed by atoms with van der Waals surface area (Å²) in [5.74, 6) is -0.245. The molecule has 0 fully saturated rings. The summed E-state index contributed by atoms with van der Waals surface area (Å²) in [4.78, 5) is 14.2. The van der Waals surface area contributed by atoms with Gasteiger partial charge in [-0.25, -0.2) is 4.79 Å². The van der Waals surface area contributed by atoms with Crippen LogP contribution in [-0.4, -0.2) is 12.6 Å². The van der Waals surface area contributed by atoms with E-state index in [-0.39, 0.29) is 5.97 Å². The zero-order valence-corrected chi connectivity index (χ0v) is 12.7. The highest BCUT2D eigenvalue weighted by Crippen LogP contribution is 2.44. The second-order valence-corrected chi connectivity index (χ2v) is 6.01. The van der Waals surface area contributed by atoms with Crippen LogP contribution in [0, 0.1) is 0 Å². The first kappa shape index (κ1) is 14.0. The van der Waals surface area contributed by atoms with Crippen LogP contribution in [0.4, 0.5) is 11.4 Å². The lowest BCUT2D eigenvalue weighted by Gasteiger charge is -2.21. The molecule has 21 heavy (non-hydrogen) atoms. The van der Waals surface area contributed by atoms with Gasteiger partial charge in [-0.1, -0.05) is 37.2 Å². The van der Waals surface area contributed by atoms with Gasteiger partial charge in [-0.3, -0.25) is 0 Å². The standard InChI is InChI=1S/C17H17NO2S/c1-2-3-10-20-17(19)12-8-9-14-16(11-12)21-15-7-5-4-6-13(15)18-14/h4-9,11,18H,2-3,10H2,1H3. The van der Waals surface area contributed by atoms with Gasteiger partial charge in [-0.2, -0.15) is 0 Å². The van der Waals surface area contributed by atoms with E-state index in [0.29, 0.717) is 12.2 Å². The topological polar surface area (TPSA) is 38.3 Å². The molecule has 0 bridgehead atoms. The van der Waals surface area contributed by atoms with E-state index in [1.54, 1.807) is 11.8 Å². The third-order valence-corrected chi connectivity index (χ3v) is 4.46. The maximum absolute atomic E-state index is 12.0. The number of para-hydroxylation sites is 1. The van der Waals surface area contributed by atoms with E-state index in [1.165, 1.54) is 4.90 Å². The number of unbranched alkanes of at least 4 members (excludes halogenated alkanes) is 1. The molecular formula is C17H17NO2S. The molecule has 0 atom stereocenters. The number of benzene rings is 2. The molecule has 0 amide bonds. The SMILES string of the molecule is CCCCOC(=O)c1ccc2c(c1)Sc1ccccc1N2. The molecule has 0 saturated carbocycles. The summed E-state index contributed by atoms with van der Waals surface area (Å²) in [5.41, 5.74) is 2.75. The number of nitrogens with one attached hydrogen (secondary N) is 1. The molecule has 0 aromatic heterocycles. The van der Waals surface area contributed by atoms with Crippen LogP contribution >= 0.6 is 11.8 Å². The fourth-order valence-corrected chi connectivity index (χ4v) is 3.18. The normalized spacial score (nSPS) is 12.0. The Kier molecular flexibility index (Phi) is 4.15. The number of esters is 1. The molecule has 4 heteroatoms. The molecular weight excluding hydrogens is 282 g/mol. The van der Waals surface area contributed by atoms with Crippen molar-refractivity contribution < 1.29 is 9.53 Å². The van der Waals surface area contributed by atoms with Gasteiger partial charge in [0, 0.05) is 9.79 Å². The average molecular weight is 299 g/mol. The molecule has 2 aromatic rings. The van der Waals surface area contributed by atoms with E-state index in [0.717, 1.165) is 29.1 Å². The van der Waals surface area contributed by atoms with Crippen molar-refractivity contribution in [2.24, 2.45) is 0 Å². The minimum Gasteiger partial charge on any atom is -0.462 e. The van der Waals surface area contributed by atoms with Crippen LogP contribution in [0.15, 0.2) is 52.3 Å². The van der Waals surface area contributed by atoms with Crippen molar-refractivity contribution >= 4 is 29.1 Å². The fraction of sp³-hybridized carbons (Fsp3) is 0.235. The van der Waals surface area contributed by atoms with E-state index in [9.17, 15) is 4.79 Å². The minimum absolute atomic E-state index is 0.245. The van der Waals surface area contributed by atoms with Crippen molar-refractivity contribution in [3.05, 3.63) is 48.0 Å². The Labute approximate surface area is 128 Å². The van der Waals surface area contributed by atoms with E-state index in [4.69, 9.17) is 4.74 Å². The second kappa shape index (κ2) is 6.22. The Hall–Kier alpha value is -1.94. The fourth-order valence-electron chi connectivity index (χ4n) is 2.15. The molecule has 3 rings (SSSR count). The third kappa shape index (κ3) is 3.05. The van der Waals surface area contributed by atoms with E-state index < -0.39 is 0 Å². The zero-order chi connectivity index (χ0) is 14.7. The number of hydrogen-bond donors (Lipinski definition) is 1. The van der Waals surface area contributed by atoms with Gasteiger partial charge in [0.1, 0.15) is 0 Å². The Balaban J connectivity index is 1.78. The van der Waals surface area contributed by atoms with Crippen molar-refractivity contribution in [2.45, 2.75) is 29.6 Å². The first-order chi connectivity index (χ1) is 10.3. The first-order valence-corrected chi connectivity index (χ1v) is 7.94. The Morgan fingerprint density at radius 2 is 1.95 bits per heavy atom. The van der Waals surface area contributed by atoms with Gasteiger partial charge in [0.25, 0.3) is 0 Å². The average Bonchev–Trinajstić information content (AvgIpc) is 2.52. The Morgan fingerprint density at radius 3 is 2.81 bits per heavy atom. The lowest BCUT2D eigenvalue weighted by atomic mass is 10.2. The van der Waals surface area contributed by atoms with Gasteiger partial charge >= 0.3 is 5.97 Å². The summed E-state index contributed by atoms with van der Waals surface area (Å²) >= 11 is 1.67. The summed E-state index contributed by atoms with van der Waals surface area (Å²) in [6.07, 6.45) is 1.92. The molecule has 0 aliphatic carbocycles. The smallest absolute Gasteiger partial charge is 0.338 e. The van der Waals surface area contributed by atoms with Crippen LogP contribution in [0.1, 0.15) is 30.1 Å². The summed E-state index contributed by atoms with van der Waals surface area (Å²) in [7, 11) is 0. The highest BCUT2D eigenvalue weighted by Gasteiger charge is 2.17. The molecule has 1 heterocycles. The van der Waals surface area contributed by atoms with Gasteiger partial charge in [0.05, 0.1) is 23.5 Å². The largest absolute Gasteiger partial charge is 0.462 e. The van der Waals surface area contributed by atoms with Crippen LogP contribution in [0.2, 0.25) is 0 Å². The molecule has 0 unspecified atom stereocenters. The molecule has 0 radical (unpaired) electrons. The highest BCUT2D eigenvalue weighted by atomic mass is 32.2. The third-order valence-electron chi connectivity index (χ3n) is 3.32. The van der Waals surface area contributed by atoms with E-state index in [2.05, 4.69) is 24.4 Å². The van der Waals surface area contributed by atoms with Crippen LogP contribution in [0.25, 0.3) is 0 Å². The van der Waals surface area contributed by atoms with Crippen molar-refractivity contribution in [3.8, 4) is 0 Å². The number of ether oxygens (including phenoxy) is 1. The van der Waals surface area contributed by atoms with Gasteiger partial charge in [0.2, 0.25) is 0 Å². The summed E-state index contributed by atoms with van der Waals surface area (Å²) < 4.78 is 5.26. The van der Waals surface area contributed by atoms with Crippen molar-refractivity contribution in [1.82, 2.24) is 0 Å². The number of hydrogen-bond acceptors (Lipinski definition) is 4. The molecule has 0 saturated heterocycles. The van der Waals surface area contributed by atoms with Crippen LogP contribution in [-0.2, 0) is 4.74 Å². The molecule has 1 aliphatic rings. The minimum atomic E-state index is -0.245. The van der Waals surface area contributed by atoms with Crippen molar-refractivity contribution in [2.75, 3.05) is 11.9 Å². The van der Waals surface area contributed by atoms with Crippen molar-refractivity contribution in [1.29, 1.82) is 0 Å². The molecule has 1 aliphatic heterocycles. The number of carbonyl (C=O) groups excluding carboxylic acids is 1. The lowest BCUT2D eigenvalue weighted by Crippen LogP contribution is -2.07. The quantitative estimate of drug-likeness (QED) is 0.552. The van der Waals surface area contributed by atoms with Crippen LogP contribution in [0.5, 0.6) is 0 Å². The number of carbonyl (C=O) groups is 1. The summed E-state index contributed by atoms with van der Waals surface area (Å²) in [6, 6.07) is 13.8. The first-order valence-electron chi connectivity index (χ1n) is 7.13. The Morgan fingerprint density at radius 1 is 1.14 bits per heavy atom. The number of rotatable bonds is 4. The zero-order valence-electron chi connectivity index (χ0n) is 11.9. The summed E-state index contributed by atoms with van der Waals surface area (Å²) in [5, 5.41) is 3.39. The second-order valence-electron chi connectivity index (χ2n) is 4.92. The van der Waals surface area contributed by atoms with E-state index in [1.807, 2.05) is 30.3 Å². The van der Waals surface area contributed by atoms with Gasteiger partial charge < -0.3 is 10.1 Å². The van der Waals surface area contributed by atoms with Crippen molar-refractivity contribution in [3.63, 3.8) is 0 Å². The van der Waals surface area contributed by atoms with Gasteiger partial charge in [0.15, 0.2) is 0 Å². The molecule has 1 N–H and O–H groups in total. The van der Waals surface area contributed by atoms with Crippen LogP contribution < -0.4 is 5.32 Å². The maximum Gasteiger partial charge on any atom is 0.338 e. The molecule has 108 valence electrons. The molecule has 0 spiro atoms. The number of anilines is 2. The number of fused-ring (bicyclic) bond motifs is 2. The van der Waals surface area contributed by atoms with Gasteiger partial charge in [-0.15, -0.1) is 0 Å². The monoisotopic (exact) mass is 299 g/mol. The Bertz CT molecular complexity index is 670. The molecule has 2 aromatic carbocycles. The van der Waals surface area contributed by atoms with Crippen LogP contribution in [0.3, 0.4) is 0 Å². The predicted molar refractivity (Wildman–Crippen MR) is 85.5 cm³/mol. The maximum atomic E-state index is 12.0. The lowest BCUT2D eigenvalue weighted by molar-refractivity contribution is 0.0499. The molecule has 3 nitrogen and oxygen atoms in total. The predicted octanol–water partition coefficient (Wildman–Crippen LogP) is 4.85. The summed E-state index contributed by atoms with van der Waals surface area (Å²) in [6.45, 7) is 2.56.